The number of para-hydroxylation sites is 1. The molecule has 1 aliphatic carbocycles. The molecule has 8 rings (SSSR count). The van der Waals surface area contributed by atoms with Gasteiger partial charge in [-0.15, -0.1) is 10.2 Å². The number of halogens is 3. The minimum atomic E-state index is -4.68. The van der Waals surface area contributed by atoms with Crippen molar-refractivity contribution in [2.75, 3.05) is 36.9 Å². The zero-order valence-electron chi connectivity index (χ0n) is 34.0. The van der Waals surface area contributed by atoms with Crippen molar-refractivity contribution in [3.63, 3.8) is 0 Å². The Morgan fingerprint density at radius 3 is 2.37 bits per heavy atom. The van der Waals surface area contributed by atoms with E-state index >= 15 is 0 Å². The molecule has 1 saturated carbocycles. The van der Waals surface area contributed by atoms with Crippen molar-refractivity contribution in [3.8, 4) is 0 Å². The molecule has 15 nitrogen and oxygen atoms in total. The van der Waals surface area contributed by atoms with Crippen LogP contribution in [0.3, 0.4) is 0 Å². The van der Waals surface area contributed by atoms with Gasteiger partial charge in [0, 0.05) is 62.0 Å². The average molecular weight is 831 g/mol. The number of aryl methyl sites for hydroxylation is 1. The Kier molecular flexibility index (Phi) is 10.8. The second kappa shape index (κ2) is 15.8. The number of aromatic nitrogens is 6. The van der Waals surface area contributed by atoms with E-state index in [4.69, 9.17) is 5.10 Å². The Bertz CT molecular complexity index is 2510. The Morgan fingerprint density at radius 1 is 0.983 bits per heavy atom. The van der Waals surface area contributed by atoms with Crippen molar-refractivity contribution < 1.29 is 32.7 Å². The molecule has 0 spiro atoms. The number of fused-ring (bicyclic) bond motifs is 2. The highest BCUT2D eigenvalue weighted by atomic mass is 19.4. The van der Waals surface area contributed by atoms with Crippen LogP contribution in [0.5, 0.6) is 0 Å². The number of imide groups is 1. The molecule has 0 bridgehead atoms. The van der Waals surface area contributed by atoms with E-state index in [-0.39, 0.29) is 29.8 Å². The summed E-state index contributed by atoms with van der Waals surface area (Å²) in [6, 6.07) is 10.8. The Balaban J connectivity index is 0.879. The number of rotatable bonds is 9. The first kappa shape index (κ1) is 41.1. The molecule has 1 unspecified atom stereocenters. The van der Waals surface area contributed by atoms with Crippen LogP contribution in [-0.2, 0) is 28.4 Å². The van der Waals surface area contributed by atoms with Crippen LogP contribution < -0.4 is 21.2 Å². The summed E-state index contributed by atoms with van der Waals surface area (Å²) in [5, 5.41) is 28.3. The van der Waals surface area contributed by atoms with E-state index in [1.165, 1.54) is 4.57 Å². The highest BCUT2D eigenvalue weighted by molar-refractivity contribution is 6.04. The van der Waals surface area contributed by atoms with E-state index in [0.29, 0.717) is 46.7 Å². The summed E-state index contributed by atoms with van der Waals surface area (Å²) in [4.78, 5) is 55.8. The maximum Gasteiger partial charge on any atom is 0.435 e. The highest BCUT2D eigenvalue weighted by Gasteiger charge is 2.35. The summed E-state index contributed by atoms with van der Waals surface area (Å²) >= 11 is 0. The Morgan fingerprint density at radius 2 is 1.72 bits per heavy atom. The van der Waals surface area contributed by atoms with Crippen molar-refractivity contribution in [1.82, 2.24) is 39.3 Å². The van der Waals surface area contributed by atoms with E-state index in [2.05, 4.69) is 37.7 Å². The minimum Gasteiger partial charge on any atom is -0.386 e. The van der Waals surface area contributed by atoms with Crippen LogP contribution in [0.1, 0.15) is 99.0 Å². The van der Waals surface area contributed by atoms with Gasteiger partial charge in [-0.1, -0.05) is 6.07 Å². The molecular weight excluding hydrogens is 782 g/mol. The number of amides is 3. The number of anilines is 2. The van der Waals surface area contributed by atoms with Gasteiger partial charge in [-0.3, -0.25) is 33.5 Å². The number of hydrogen-bond donors (Lipinski definition) is 3. The standard InChI is InChI=1S/C42H49F3N10O5/c1-41(2,60)28-21-30-25(20-31(28)46-38(57)29-12-14-35(49-48-29)42(43,44)45)23-54(50-30)27-10-8-24(9-11-27)22-51(3)26-16-18-53(19-17-26)32-6-5-7-33-37(32)52(4)40(59)55(33)34-13-15-36(56)47-39(34)58/h5-7,12,14,20-21,23-24,26-27,34,60H,8-11,13,15-19,22H2,1-4H3,(H,46,57)(H,47,56,58). The minimum absolute atomic E-state index is 0.178. The predicted molar refractivity (Wildman–Crippen MR) is 217 cm³/mol. The topological polar surface area (TPSA) is 173 Å². The van der Waals surface area contributed by atoms with Gasteiger partial charge in [0.05, 0.1) is 33.9 Å². The molecule has 2 saturated heterocycles. The monoisotopic (exact) mass is 830 g/mol. The zero-order chi connectivity index (χ0) is 42.7. The van der Waals surface area contributed by atoms with E-state index in [1.54, 1.807) is 37.6 Å². The normalized spacial score (nSPS) is 20.9. The number of carbonyl (C=O) groups excluding carboxylic acids is 3. The first-order chi connectivity index (χ1) is 28.5. The molecular formula is C42H49F3N10O5. The van der Waals surface area contributed by atoms with E-state index in [0.717, 1.165) is 80.8 Å². The molecule has 18 heteroatoms. The van der Waals surface area contributed by atoms with E-state index in [9.17, 15) is 37.5 Å². The second-order valence-electron chi connectivity index (χ2n) is 17.0. The van der Waals surface area contributed by atoms with Crippen LogP contribution in [0.2, 0.25) is 0 Å². The molecule has 3 N–H and O–H groups in total. The molecule has 2 aliphatic heterocycles. The van der Waals surface area contributed by atoms with Gasteiger partial charge in [0.25, 0.3) is 5.91 Å². The van der Waals surface area contributed by atoms with Crippen LogP contribution in [0.4, 0.5) is 24.5 Å². The van der Waals surface area contributed by atoms with Gasteiger partial charge < -0.3 is 20.2 Å². The lowest BCUT2D eigenvalue weighted by Gasteiger charge is -2.40. The van der Waals surface area contributed by atoms with Crippen molar-refractivity contribution in [3.05, 3.63) is 76.1 Å². The van der Waals surface area contributed by atoms with Crippen molar-refractivity contribution in [2.24, 2.45) is 13.0 Å². The largest absolute Gasteiger partial charge is 0.435 e. The summed E-state index contributed by atoms with van der Waals surface area (Å²) in [7, 11) is 3.94. The fourth-order valence-electron chi connectivity index (χ4n) is 9.28. The number of nitrogens with one attached hydrogen (secondary N) is 2. The van der Waals surface area contributed by atoms with E-state index in [1.807, 2.05) is 29.1 Å². The van der Waals surface area contributed by atoms with Crippen LogP contribution in [0, 0.1) is 5.92 Å². The zero-order valence-corrected chi connectivity index (χ0v) is 34.0. The molecule has 3 fully saturated rings. The number of benzene rings is 2. The molecule has 5 aromatic rings. The molecule has 3 amide bonds. The SMILES string of the molecule is CN(CC1CCC(n2cc3cc(NC(=O)c4ccc(C(F)(F)F)nn4)c(C(C)(C)O)cc3n2)CC1)C1CCN(c2cccc3c2n(C)c(=O)n3C2CCC(=O)NC2=O)CC1. The smallest absolute Gasteiger partial charge is 0.386 e. The van der Waals surface area contributed by atoms with Crippen LogP contribution in [0.25, 0.3) is 21.9 Å². The van der Waals surface area contributed by atoms with Crippen molar-refractivity contribution in [1.29, 1.82) is 0 Å². The quantitative estimate of drug-likeness (QED) is 0.166. The summed E-state index contributed by atoms with van der Waals surface area (Å²) in [5.41, 5.74) is 0.658. The molecule has 2 aromatic carbocycles. The van der Waals surface area contributed by atoms with Crippen LogP contribution in [0.15, 0.2) is 53.5 Å². The van der Waals surface area contributed by atoms with Gasteiger partial charge in [0.2, 0.25) is 11.8 Å². The number of imidazole rings is 1. The number of nitrogens with zero attached hydrogens (tertiary/aromatic N) is 8. The number of carbonyl (C=O) groups is 3. The fraction of sp³-hybridized carbons (Fsp3) is 0.500. The van der Waals surface area contributed by atoms with Crippen LogP contribution in [-0.4, -0.2) is 89.6 Å². The fourth-order valence-corrected chi connectivity index (χ4v) is 9.28. The van der Waals surface area contributed by atoms with Crippen LogP contribution >= 0.6 is 0 Å². The maximum absolute atomic E-state index is 13.5. The van der Waals surface area contributed by atoms with Gasteiger partial charge in [-0.2, -0.15) is 18.3 Å². The first-order valence-electron chi connectivity index (χ1n) is 20.4. The lowest BCUT2D eigenvalue weighted by atomic mass is 9.85. The summed E-state index contributed by atoms with van der Waals surface area (Å²) < 4.78 is 44.0. The van der Waals surface area contributed by atoms with E-state index < -0.39 is 35.3 Å². The molecule has 1 atom stereocenters. The number of hydrogen-bond acceptors (Lipinski definition) is 10. The molecule has 0 radical (unpaired) electrons. The molecule has 3 aromatic heterocycles. The summed E-state index contributed by atoms with van der Waals surface area (Å²) in [6.45, 7) is 5.80. The number of piperidine rings is 2. The summed E-state index contributed by atoms with van der Waals surface area (Å²) in [6.07, 6.45) is 3.64. The second-order valence-corrected chi connectivity index (χ2v) is 17.0. The van der Waals surface area contributed by atoms with Gasteiger partial charge >= 0.3 is 11.9 Å². The summed E-state index contributed by atoms with van der Waals surface area (Å²) in [5.74, 6) is -0.991. The van der Waals surface area contributed by atoms with Crippen molar-refractivity contribution >= 4 is 51.0 Å². The molecule has 60 heavy (non-hydrogen) atoms. The van der Waals surface area contributed by atoms with Gasteiger partial charge in [0.1, 0.15) is 6.04 Å². The molecule has 5 heterocycles. The highest BCUT2D eigenvalue weighted by Crippen LogP contribution is 2.37. The van der Waals surface area contributed by atoms with Gasteiger partial charge in [-0.25, -0.2) is 4.79 Å². The third-order valence-electron chi connectivity index (χ3n) is 12.5. The molecule has 3 aliphatic rings. The van der Waals surface area contributed by atoms with Gasteiger partial charge in [-0.05, 0) is 108 Å². The average Bonchev–Trinajstić information content (AvgIpc) is 3.74. The lowest BCUT2D eigenvalue weighted by molar-refractivity contribution is -0.142. The molecule has 318 valence electrons. The Labute approximate surface area is 343 Å². The first-order valence-corrected chi connectivity index (χ1v) is 20.4. The third-order valence-corrected chi connectivity index (χ3v) is 12.5. The number of aliphatic hydroxyl groups is 1. The third kappa shape index (κ3) is 8.01. The van der Waals surface area contributed by atoms with Crippen molar-refractivity contribution in [2.45, 2.75) is 95.1 Å². The number of alkyl halides is 3. The lowest BCUT2D eigenvalue weighted by Crippen LogP contribution is -2.45. The maximum atomic E-state index is 13.5. The van der Waals surface area contributed by atoms with Gasteiger partial charge in [0.15, 0.2) is 11.4 Å². The Hall–Kier alpha value is -5.62. The predicted octanol–water partition coefficient (Wildman–Crippen LogP) is 5.29.